The van der Waals surface area contributed by atoms with Crippen LogP contribution in [0.2, 0.25) is 0 Å². The Labute approximate surface area is 274 Å². The van der Waals surface area contributed by atoms with E-state index in [-0.39, 0.29) is 41.4 Å². The summed E-state index contributed by atoms with van der Waals surface area (Å²) in [5, 5.41) is 14.6. The first-order chi connectivity index (χ1) is 22.6. The molecule has 258 valence electrons. The zero-order valence-corrected chi connectivity index (χ0v) is 27.3. The van der Waals surface area contributed by atoms with Gasteiger partial charge in [0.2, 0.25) is 5.91 Å². The van der Waals surface area contributed by atoms with Gasteiger partial charge in [0.05, 0.1) is 16.8 Å². The predicted molar refractivity (Wildman–Crippen MR) is 168 cm³/mol. The van der Waals surface area contributed by atoms with Crippen LogP contribution in [0.3, 0.4) is 0 Å². The third-order valence-electron chi connectivity index (χ3n) is 7.79. The number of nitrogens with one attached hydrogen (secondary N) is 1. The fraction of sp³-hybridized carbons (Fsp3) is 0.485. The number of esters is 1. The minimum Gasteiger partial charge on any atom is -0.491 e. The van der Waals surface area contributed by atoms with Gasteiger partial charge in [0.1, 0.15) is 48.1 Å². The number of anilines is 1. The molecule has 1 aliphatic rings. The number of fused-ring (bicyclic) bond motifs is 2. The van der Waals surface area contributed by atoms with E-state index in [2.05, 4.69) is 20.3 Å². The van der Waals surface area contributed by atoms with E-state index in [0.29, 0.717) is 16.4 Å². The molecule has 15 heteroatoms. The smallest absolute Gasteiger partial charge is 0.433 e. The number of rotatable bonds is 11. The molecule has 1 fully saturated rings. The number of benzene rings is 1. The van der Waals surface area contributed by atoms with E-state index in [4.69, 9.17) is 18.9 Å². The lowest BCUT2D eigenvalue weighted by atomic mass is 10.1. The van der Waals surface area contributed by atoms with E-state index in [1.165, 1.54) is 18.5 Å². The van der Waals surface area contributed by atoms with Crippen molar-refractivity contribution in [1.29, 1.82) is 0 Å². The Kier molecular flexibility index (Phi) is 10.2. The van der Waals surface area contributed by atoms with E-state index < -0.39 is 54.6 Å². The van der Waals surface area contributed by atoms with Crippen LogP contribution >= 0.6 is 0 Å². The number of carbonyl (C=O) groups is 2. The zero-order chi connectivity index (χ0) is 34.9. The van der Waals surface area contributed by atoms with Crippen molar-refractivity contribution in [2.75, 3.05) is 11.9 Å². The number of nitrogens with zero attached hydrogens (tertiary/aromatic N) is 4. The first-order valence-corrected chi connectivity index (χ1v) is 15.6. The maximum atomic E-state index is 13.3. The van der Waals surface area contributed by atoms with Crippen LogP contribution < -0.4 is 10.1 Å². The van der Waals surface area contributed by atoms with Gasteiger partial charge in [0.25, 0.3) is 0 Å². The number of aliphatic hydroxyl groups excluding tert-OH is 1. The predicted octanol–water partition coefficient (Wildman–Crippen LogP) is 5.50. The van der Waals surface area contributed by atoms with E-state index in [1.54, 1.807) is 70.5 Å². The van der Waals surface area contributed by atoms with E-state index in [1.807, 2.05) is 0 Å². The van der Waals surface area contributed by atoms with Crippen LogP contribution in [0.4, 0.5) is 19.0 Å². The second kappa shape index (κ2) is 14.0. The largest absolute Gasteiger partial charge is 0.491 e. The van der Waals surface area contributed by atoms with Gasteiger partial charge in [-0.2, -0.15) is 13.2 Å². The number of alkyl halides is 3. The minimum absolute atomic E-state index is 0.0791. The number of aliphatic hydroxyl groups is 1. The molecule has 2 N–H and O–H groups in total. The molecule has 1 aromatic carbocycles. The SMILES string of the molecule is CC(C)C(=O)Nc1ncnc2c1ccn2[C@@H]1O[C@H](COc2ccc3ccc(C(F)(F)F)nc3c2)[C@@H](OC(=O)C(C)C)[C@H]1OC(O)C(C)C. The molecule has 0 bridgehead atoms. The van der Waals surface area contributed by atoms with Crippen LogP contribution in [0.1, 0.15) is 53.5 Å². The van der Waals surface area contributed by atoms with Crippen LogP contribution in [-0.4, -0.2) is 67.7 Å². The normalized spacial score (nSPS) is 20.6. The second-order valence-electron chi connectivity index (χ2n) is 12.5. The van der Waals surface area contributed by atoms with Crippen molar-refractivity contribution in [3.63, 3.8) is 0 Å². The number of hydrogen-bond acceptors (Lipinski definition) is 10. The summed E-state index contributed by atoms with van der Waals surface area (Å²) in [5.74, 6) is -1.44. The molecule has 1 aliphatic heterocycles. The second-order valence-corrected chi connectivity index (χ2v) is 12.5. The van der Waals surface area contributed by atoms with Gasteiger partial charge >= 0.3 is 12.1 Å². The molecule has 12 nitrogen and oxygen atoms in total. The number of ether oxygens (including phenoxy) is 4. The van der Waals surface area contributed by atoms with E-state index >= 15 is 0 Å². The number of carbonyl (C=O) groups excluding carboxylic acids is 2. The molecule has 1 saturated heterocycles. The highest BCUT2D eigenvalue weighted by atomic mass is 19.4. The summed E-state index contributed by atoms with van der Waals surface area (Å²) in [4.78, 5) is 37.8. The van der Waals surface area contributed by atoms with Crippen LogP contribution in [0.5, 0.6) is 5.75 Å². The summed E-state index contributed by atoms with van der Waals surface area (Å²) in [6.45, 7) is 10.1. The summed E-state index contributed by atoms with van der Waals surface area (Å²) in [7, 11) is 0. The molecule has 0 radical (unpaired) electrons. The molecule has 5 atom stereocenters. The number of pyridine rings is 1. The maximum Gasteiger partial charge on any atom is 0.433 e. The van der Waals surface area contributed by atoms with Gasteiger partial charge in [0, 0.05) is 29.5 Å². The average molecular weight is 674 g/mol. The maximum absolute atomic E-state index is 13.3. The summed E-state index contributed by atoms with van der Waals surface area (Å²) >= 11 is 0. The van der Waals surface area contributed by atoms with Crippen LogP contribution in [-0.2, 0) is 30.0 Å². The average Bonchev–Trinajstić information content (AvgIpc) is 3.60. The highest BCUT2D eigenvalue weighted by Gasteiger charge is 2.51. The molecule has 5 rings (SSSR count). The lowest BCUT2D eigenvalue weighted by Crippen LogP contribution is -2.43. The Morgan fingerprint density at radius 2 is 1.75 bits per heavy atom. The van der Waals surface area contributed by atoms with E-state index in [0.717, 1.165) is 6.07 Å². The molecule has 3 aromatic heterocycles. The third-order valence-corrected chi connectivity index (χ3v) is 7.79. The van der Waals surface area contributed by atoms with Crippen molar-refractivity contribution in [1.82, 2.24) is 19.5 Å². The minimum atomic E-state index is -4.62. The number of hydrogen-bond donors (Lipinski definition) is 2. The van der Waals surface area contributed by atoms with Gasteiger partial charge < -0.3 is 33.9 Å². The molecule has 48 heavy (non-hydrogen) atoms. The first kappa shape index (κ1) is 35.0. The van der Waals surface area contributed by atoms with Crippen molar-refractivity contribution in [2.24, 2.45) is 17.8 Å². The Balaban J connectivity index is 1.50. The fourth-order valence-corrected chi connectivity index (χ4v) is 5.00. The highest BCUT2D eigenvalue weighted by molar-refractivity contribution is 5.99. The molecular formula is C33H38F3N5O7. The summed E-state index contributed by atoms with van der Waals surface area (Å²) in [6.07, 6.45) is -7.07. The van der Waals surface area contributed by atoms with Gasteiger partial charge in [0.15, 0.2) is 18.6 Å². The highest BCUT2D eigenvalue weighted by Crippen LogP contribution is 2.38. The van der Waals surface area contributed by atoms with Gasteiger partial charge in [-0.1, -0.05) is 47.6 Å². The van der Waals surface area contributed by atoms with E-state index in [9.17, 15) is 27.9 Å². The topological polar surface area (TPSA) is 147 Å². The Hall–Kier alpha value is -4.34. The molecule has 0 aliphatic carbocycles. The summed E-state index contributed by atoms with van der Waals surface area (Å²) in [5.41, 5.74) is -0.582. The number of aromatic nitrogens is 4. The first-order valence-electron chi connectivity index (χ1n) is 15.6. The molecule has 0 saturated carbocycles. The summed E-state index contributed by atoms with van der Waals surface area (Å²) < 4.78 is 66.0. The van der Waals surface area contributed by atoms with Gasteiger partial charge in [-0.25, -0.2) is 15.0 Å². The third kappa shape index (κ3) is 7.53. The molecule has 4 aromatic rings. The van der Waals surface area contributed by atoms with Gasteiger partial charge in [-0.15, -0.1) is 0 Å². The van der Waals surface area contributed by atoms with Crippen molar-refractivity contribution >= 4 is 39.6 Å². The number of amides is 1. The Bertz CT molecular complexity index is 1780. The van der Waals surface area contributed by atoms with Crippen molar-refractivity contribution < 1.29 is 46.8 Å². The van der Waals surface area contributed by atoms with Crippen molar-refractivity contribution in [3.8, 4) is 5.75 Å². The Morgan fingerprint density at radius 1 is 1.02 bits per heavy atom. The number of halogens is 3. The van der Waals surface area contributed by atoms with Crippen molar-refractivity contribution in [3.05, 3.63) is 54.6 Å². The quantitative estimate of drug-likeness (QED) is 0.155. The molecule has 4 heterocycles. The lowest BCUT2D eigenvalue weighted by molar-refractivity contribution is -0.202. The monoisotopic (exact) mass is 673 g/mol. The van der Waals surface area contributed by atoms with Crippen LogP contribution in [0.25, 0.3) is 21.9 Å². The molecule has 1 unspecified atom stereocenters. The molecular weight excluding hydrogens is 635 g/mol. The standard InChI is InChI=1S/C33H38F3N5O7/c1-16(2)29(42)40-27-21-11-12-41(28(21)38-15-37-27)30-26(48-32(44)18(5)6)25(47-31(43)17(3)4)23(46-30)14-45-20-9-7-19-8-10-24(33(34,35)36)39-22(19)13-20/h7-13,15-18,23,25-26,30,32,44H,14H2,1-6H3,(H,37,38,40,42)/t23-,25-,26-,30-,32?/m1/s1. The van der Waals surface area contributed by atoms with Crippen LogP contribution in [0.15, 0.2) is 48.9 Å². The van der Waals surface area contributed by atoms with Gasteiger partial charge in [-0.3, -0.25) is 9.59 Å². The molecule has 1 amide bonds. The van der Waals surface area contributed by atoms with Crippen LogP contribution in [0, 0.1) is 17.8 Å². The summed E-state index contributed by atoms with van der Waals surface area (Å²) in [6, 6.07) is 8.48. The Morgan fingerprint density at radius 3 is 2.42 bits per heavy atom. The lowest BCUT2D eigenvalue weighted by Gasteiger charge is -2.29. The molecule has 0 spiro atoms. The zero-order valence-electron chi connectivity index (χ0n) is 27.3. The fourth-order valence-electron chi connectivity index (χ4n) is 5.00. The van der Waals surface area contributed by atoms with Crippen molar-refractivity contribution in [2.45, 2.75) is 78.5 Å². The van der Waals surface area contributed by atoms with Gasteiger partial charge in [-0.05, 0) is 24.3 Å².